The van der Waals surface area contributed by atoms with Crippen LogP contribution in [0, 0.1) is 5.92 Å². The van der Waals surface area contributed by atoms with Gasteiger partial charge in [-0.3, -0.25) is 4.79 Å². The zero-order valence-electron chi connectivity index (χ0n) is 11.1. The van der Waals surface area contributed by atoms with Crippen LogP contribution in [0.4, 0.5) is 0 Å². The Balaban J connectivity index is 1.77. The molecule has 104 valence electrons. The third-order valence-corrected chi connectivity index (χ3v) is 3.90. The van der Waals surface area contributed by atoms with Crippen molar-refractivity contribution in [1.29, 1.82) is 0 Å². The van der Waals surface area contributed by atoms with Gasteiger partial charge in [-0.05, 0) is 31.6 Å². The van der Waals surface area contributed by atoms with Crippen LogP contribution in [0.1, 0.15) is 25.7 Å². The molecule has 2 heterocycles. The largest absolute Gasteiger partial charge is 0.381 e. The molecule has 2 saturated heterocycles. The highest BCUT2D eigenvalue weighted by atomic mass is 16.5. The van der Waals surface area contributed by atoms with Crippen LogP contribution in [-0.2, 0) is 14.3 Å². The number of nitrogens with zero attached hydrogens (tertiary/aromatic N) is 1. The number of hydrogen-bond acceptors (Lipinski definition) is 4. The Kier molecular flexibility index (Phi) is 4.97. The van der Waals surface area contributed by atoms with Gasteiger partial charge in [-0.1, -0.05) is 0 Å². The van der Waals surface area contributed by atoms with Crippen molar-refractivity contribution in [3.63, 3.8) is 0 Å². The van der Waals surface area contributed by atoms with Crippen molar-refractivity contribution in [2.45, 2.75) is 37.9 Å². The van der Waals surface area contributed by atoms with Crippen molar-refractivity contribution >= 4 is 5.91 Å². The molecule has 2 fully saturated rings. The summed E-state index contributed by atoms with van der Waals surface area (Å²) in [6.07, 6.45) is 3.60. The quantitative estimate of drug-likeness (QED) is 0.789. The molecule has 2 N–H and O–H groups in total. The molecule has 0 radical (unpaired) electrons. The standard InChI is InChI=1S/C13H24N2O3/c1-15(9-10-4-6-17-7-5-10)13(16)12-3-2-11(8-14)18-12/h10-12H,2-9,14H2,1H3. The molecule has 18 heavy (non-hydrogen) atoms. The van der Waals surface area contributed by atoms with Crippen molar-refractivity contribution in [2.75, 3.05) is 33.4 Å². The predicted octanol–water partition coefficient (Wildman–Crippen LogP) is 0.378. The molecule has 5 nitrogen and oxygen atoms in total. The van der Waals surface area contributed by atoms with Gasteiger partial charge in [0.2, 0.25) is 0 Å². The fourth-order valence-electron chi connectivity index (χ4n) is 2.71. The number of hydrogen-bond donors (Lipinski definition) is 1. The van der Waals surface area contributed by atoms with Crippen LogP contribution in [0.15, 0.2) is 0 Å². The third-order valence-electron chi connectivity index (χ3n) is 3.90. The molecule has 0 aromatic carbocycles. The van der Waals surface area contributed by atoms with Gasteiger partial charge < -0.3 is 20.1 Å². The van der Waals surface area contributed by atoms with Crippen LogP contribution in [0.3, 0.4) is 0 Å². The average molecular weight is 256 g/mol. The fraction of sp³-hybridized carbons (Fsp3) is 0.923. The van der Waals surface area contributed by atoms with E-state index >= 15 is 0 Å². The van der Waals surface area contributed by atoms with E-state index in [1.54, 1.807) is 0 Å². The van der Waals surface area contributed by atoms with Gasteiger partial charge in [0.05, 0.1) is 6.10 Å². The molecule has 5 heteroatoms. The highest BCUT2D eigenvalue weighted by Crippen LogP contribution is 2.22. The zero-order valence-corrected chi connectivity index (χ0v) is 11.1. The molecule has 0 bridgehead atoms. The van der Waals surface area contributed by atoms with Crippen LogP contribution in [0.5, 0.6) is 0 Å². The summed E-state index contributed by atoms with van der Waals surface area (Å²) in [5, 5.41) is 0. The number of ether oxygens (including phenoxy) is 2. The maximum absolute atomic E-state index is 12.2. The molecule has 0 spiro atoms. The topological polar surface area (TPSA) is 64.8 Å². The Bertz CT molecular complexity index is 279. The molecule has 0 aromatic heterocycles. The molecule has 2 unspecified atom stereocenters. The smallest absolute Gasteiger partial charge is 0.251 e. The SMILES string of the molecule is CN(CC1CCOCC1)C(=O)C1CCC(CN)O1. The molecular weight excluding hydrogens is 232 g/mol. The Hall–Kier alpha value is -0.650. The normalized spacial score (nSPS) is 29.4. The van der Waals surface area contributed by atoms with E-state index in [2.05, 4.69) is 0 Å². The lowest BCUT2D eigenvalue weighted by Gasteiger charge is -2.28. The first-order chi connectivity index (χ1) is 8.70. The Morgan fingerprint density at radius 1 is 1.28 bits per heavy atom. The molecule has 2 atom stereocenters. The lowest BCUT2D eigenvalue weighted by atomic mass is 9.99. The van der Waals surface area contributed by atoms with E-state index in [1.165, 1.54) is 0 Å². The van der Waals surface area contributed by atoms with E-state index in [4.69, 9.17) is 15.2 Å². The molecule has 2 aliphatic rings. The molecule has 0 aromatic rings. The van der Waals surface area contributed by atoms with Crippen LogP contribution < -0.4 is 5.73 Å². The number of nitrogens with two attached hydrogens (primary N) is 1. The first kappa shape index (κ1) is 13.8. The van der Waals surface area contributed by atoms with Gasteiger partial charge in [0, 0.05) is 33.4 Å². The van der Waals surface area contributed by atoms with Crippen LogP contribution in [0.25, 0.3) is 0 Å². The maximum Gasteiger partial charge on any atom is 0.251 e. The van der Waals surface area contributed by atoms with E-state index < -0.39 is 0 Å². The van der Waals surface area contributed by atoms with Crippen molar-refractivity contribution in [3.8, 4) is 0 Å². The minimum absolute atomic E-state index is 0.0652. The number of amides is 1. The van der Waals surface area contributed by atoms with Gasteiger partial charge in [-0.2, -0.15) is 0 Å². The van der Waals surface area contributed by atoms with Gasteiger partial charge in [-0.25, -0.2) is 0 Å². The lowest BCUT2D eigenvalue weighted by Crippen LogP contribution is -2.40. The van der Waals surface area contributed by atoms with Gasteiger partial charge in [0.1, 0.15) is 6.10 Å². The summed E-state index contributed by atoms with van der Waals surface area (Å²) >= 11 is 0. The summed E-state index contributed by atoms with van der Waals surface area (Å²) < 4.78 is 11.0. The lowest BCUT2D eigenvalue weighted by molar-refractivity contribution is -0.142. The summed E-state index contributed by atoms with van der Waals surface area (Å²) in [5.74, 6) is 0.678. The first-order valence-electron chi connectivity index (χ1n) is 6.89. The third kappa shape index (κ3) is 3.43. The summed E-state index contributed by atoms with van der Waals surface area (Å²) in [4.78, 5) is 14.0. The second-order valence-electron chi connectivity index (χ2n) is 5.33. The van der Waals surface area contributed by atoms with Gasteiger partial charge in [-0.15, -0.1) is 0 Å². The van der Waals surface area contributed by atoms with E-state index in [1.807, 2.05) is 11.9 Å². The Morgan fingerprint density at radius 2 is 2.00 bits per heavy atom. The first-order valence-corrected chi connectivity index (χ1v) is 6.89. The van der Waals surface area contributed by atoms with Gasteiger partial charge in [0.15, 0.2) is 0 Å². The predicted molar refractivity (Wildman–Crippen MR) is 68.1 cm³/mol. The van der Waals surface area contributed by atoms with E-state index in [0.29, 0.717) is 12.5 Å². The van der Waals surface area contributed by atoms with Crippen molar-refractivity contribution < 1.29 is 14.3 Å². The highest BCUT2D eigenvalue weighted by molar-refractivity contribution is 5.81. The second-order valence-corrected chi connectivity index (χ2v) is 5.33. The molecule has 1 amide bonds. The Morgan fingerprint density at radius 3 is 2.61 bits per heavy atom. The van der Waals surface area contributed by atoms with Crippen LogP contribution >= 0.6 is 0 Å². The minimum Gasteiger partial charge on any atom is -0.381 e. The monoisotopic (exact) mass is 256 g/mol. The molecular formula is C13H24N2O3. The average Bonchev–Trinajstić information content (AvgIpc) is 2.87. The summed E-state index contributed by atoms with van der Waals surface area (Å²) in [6.45, 7) is 2.96. The number of carbonyl (C=O) groups is 1. The summed E-state index contributed by atoms with van der Waals surface area (Å²) in [5.41, 5.74) is 5.56. The molecule has 2 rings (SSSR count). The number of rotatable bonds is 4. The van der Waals surface area contributed by atoms with Crippen molar-refractivity contribution in [3.05, 3.63) is 0 Å². The highest BCUT2D eigenvalue weighted by Gasteiger charge is 2.32. The molecule has 0 saturated carbocycles. The van der Waals surface area contributed by atoms with Crippen LogP contribution in [0.2, 0.25) is 0 Å². The molecule has 0 aliphatic carbocycles. The number of carbonyl (C=O) groups excluding carboxylic acids is 1. The fourth-order valence-corrected chi connectivity index (χ4v) is 2.71. The van der Waals surface area contributed by atoms with E-state index in [9.17, 15) is 4.79 Å². The number of likely N-dealkylation sites (N-methyl/N-ethyl adjacent to an activating group) is 1. The van der Waals surface area contributed by atoms with E-state index in [-0.39, 0.29) is 18.1 Å². The van der Waals surface area contributed by atoms with Crippen molar-refractivity contribution in [1.82, 2.24) is 4.90 Å². The van der Waals surface area contributed by atoms with Gasteiger partial charge in [0.25, 0.3) is 5.91 Å². The van der Waals surface area contributed by atoms with Gasteiger partial charge >= 0.3 is 0 Å². The second kappa shape index (κ2) is 6.50. The minimum atomic E-state index is -0.275. The maximum atomic E-state index is 12.2. The molecule has 2 aliphatic heterocycles. The van der Waals surface area contributed by atoms with Crippen LogP contribution in [-0.4, -0.2) is 56.4 Å². The summed E-state index contributed by atoms with van der Waals surface area (Å²) in [7, 11) is 1.87. The summed E-state index contributed by atoms with van der Waals surface area (Å²) in [6, 6.07) is 0. The Labute approximate surface area is 109 Å². The van der Waals surface area contributed by atoms with E-state index in [0.717, 1.165) is 45.4 Å². The zero-order chi connectivity index (χ0) is 13.0. The van der Waals surface area contributed by atoms with Crippen molar-refractivity contribution in [2.24, 2.45) is 11.7 Å².